The molecule has 0 radical (unpaired) electrons. The third kappa shape index (κ3) is 7.82. The van der Waals surface area contributed by atoms with Crippen molar-refractivity contribution in [3.05, 3.63) is 19.2 Å². The van der Waals surface area contributed by atoms with Crippen molar-refractivity contribution in [3.63, 3.8) is 0 Å². The highest BCUT2D eigenvalue weighted by molar-refractivity contribution is 9.13. The fraction of sp³-hybridized carbons (Fsp3) is 0.750. The van der Waals surface area contributed by atoms with E-state index >= 15 is 0 Å². The van der Waals surface area contributed by atoms with E-state index in [0.29, 0.717) is 0 Å². The highest BCUT2D eigenvalue weighted by atomic mass is 79.9. The number of thiophene rings is 1. The summed E-state index contributed by atoms with van der Waals surface area (Å²) in [7, 11) is 0. The Balaban J connectivity index is 2.01. The monoisotopic (exact) mass is 442 g/mol. The summed E-state index contributed by atoms with van der Waals surface area (Å²) in [6.45, 7) is 2.27. The van der Waals surface area contributed by atoms with Crippen molar-refractivity contribution in [1.29, 1.82) is 0 Å². The van der Waals surface area contributed by atoms with Crippen LogP contribution in [0, 0.1) is 0 Å². The third-order valence-electron chi connectivity index (χ3n) is 3.53. The average molecular weight is 445 g/mol. The lowest BCUT2D eigenvalue weighted by Gasteiger charge is -2.07. The first-order valence-corrected chi connectivity index (χ1v) is 10.6. The standard InChI is InChI=1S/C16H25Br2ClS/c1-2-3-4-5-6-7-8-9-10-11-14(19)15-12-13(17)16(18)20-15/h12,14H,2-11H2,1H3. The molecule has 0 nitrogen and oxygen atoms in total. The Morgan fingerprint density at radius 2 is 1.55 bits per heavy atom. The molecule has 0 amide bonds. The maximum atomic E-state index is 6.46. The molecule has 0 bridgehead atoms. The van der Waals surface area contributed by atoms with Crippen LogP contribution in [0.1, 0.15) is 81.4 Å². The minimum atomic E-state index is 0.173. The summed E-state index contributed by atoms with van der Waals surface area (Å²) in [5.41, 5.74) is 0. The fourth-order valence-electron chi connectivity index (χ4n) is 2.29. The average Bonchev–Trinajstić information content (AvgIpc) is 2.77. The molecule has 20 heavy (non-hydrogen) atoms. The van der Waals surface area contributed by atoms with Crippen molar-refractivity contribution < 1.29 is 0 Å². The van der Waals surface area contributed by atoms with Gasteiger partial charge in [0.15, 0.2) is 0 Å². The van der Waals surface area contributed by atoms with Crippen LogP contribution in [0.3, 0.4) is 0 Å². The fourth-order valence-corrected chi connectivity index (χ4v) is 4.75. The Morgan fingerprint density at radius 3 is 2.05 bits per heavy atom. The van der Waals surface area contributed by atoms with Crippen molar-refractivity contribution in [2.45, 2.75) is 76.5 Å². The predicted molar refractivity (Wildman–Crippen MR) is 100 cm³/mol. The van der Waals surface area contributed by atoms with E-state index in [9.17, 15) is 0 Å². The molecule has 0 spiro atoms. The molecule has 4 heteroatoms. The minimum absolute atomic E-state index is 0.173. The molecule has 0 saturated heterocycles. The maximum absolute atomic E-state index is 6.46. The van der Waals surface area contributed by atoms with Crippen molar-refractivity contribution in [1.82, 2.24) is 0 Å². The predicted octanol–water partition coefficient (Wildman–Crippen LogP) is 8.47. The van der Waals surface area contributed by atoms with E-state index in [-0.39, 0.29) is 5.38 Å². The molecule has 0 fully saturated rings. The second-order valence-corrected chi connectivity index (χ2v) is 9.14. The van der Waals surface area contributed by atoms with Crippen molar-refractivity contribution in [2.75, 3.05) is 0 Å². The molecule has 0 aliphatic carbocycles. The summed E-state index contributed by atoms with van der Waals surface area (Å²) in [5.74, 6) is 0. The third-order valence-corrected chi connectivity index (χ3v) is 7.49. The molecule has 1 rings (SSSR count). The minimum Gasteiger partial charge on any atom is -0.131 e. The first kappa shape index (κ1) is 19.0. The first-order chi connectivity index (χ1) is 9.65. The van der Waals surface area contributed by atoms with Crippen LogP contribution in [0.15, 0.2) is 14.3 Å². The van der Waals surface area contributed by atoms with Crippen molar-refractivity contribution >= 4 is 54.8 Å². The SMILES string of the molecule is CCCCCCCCCCCC(Cl)c1cc(Br)c(Br)s1. The summed E-state index contributed by atoms with van der Waals surface area (Å²) >= 11 is 15.2. The van der Waals surface area contributed by atoms with Crippen LogP contribution in [-0.2, 0) is 0 Å². The summed E-state index contributed by atoms with van der Waals surface area (Å²) in [6, 6.07) is 2.14. The summed E-state index contributed by atoms with van der Waals surface area (Å²) in [4.78, 5) is 1.27. The number of alkyl halides is 1. The zero-order chi connectivity index (χ0) is 14.8. The maximum Gasteiger partial charge on any atom is 0.0843 e. The number of hydrogen-bond acceptors (Lipinski definition) is 1. The van der Waals surface area contributed by atoms with Gasteiger partial charge in [-0.15, -0.1) is 22.9 Å². The lowest BCUT2D eigenvalue weighted by atomic mass is 10.1. The molecule has 0 N–H and O–H groups in total. The van der Waals surface area contributed by atoms with Gasteiger partial charge < -0.3 is 0 Å². The van der Waals surface area contributed by atoms with Gasteiger partial charge in [0.1, 0.15) is 0 Å². The van der Waals surface area contributed by atoms with E-state index in [2.05, 4.69) is 44.8 Å². The van der Waals surface area contributed by atoms with Crippen LogP contribution in [0.25, 0.3) is 0 Å². The lowest BCUT2D eigenvalue weighted by molar-refractivity contribution is 0.555. The van der Waals surface area contributed by atoms with Gasteiger partial charge in [0.2, 0.25) is 0 Å². The zero-order valence-electron chi connectivity index (χ0n) is 12.3. The smallest absolute Gasteiger partial charge is 0.0843 e. The molecule has 0 aliphatic heterocycles. The molecule has 1 aromatic heterocycles. The van der Waals surface area contributed by atoms with Gasteiger partial charge in [0.25, 0.3) is 0 Å². The van der Waals surface area contributed by atoms with Gasteiger partial charge in [-0.1, -0.05) is 64.7 Å². The van der Waals surface area contributed by atoms with Gasteiger partial charge in [-0.3, -0.25) is 0 Å². The summed E-state index contributed by atoms with van der Waals surface area (Å²) in [5, 5.41) is 0.173. The Kier molecular flexibility index (Phi) is 10.9. The zero-order valence-corrected chi connectivity index (χ0v) is 17.0. The molecule has 0 aromatic carbocycles. The first-order valence-electron chi connectivity index (χ1n) is 7.74. The molecule has 0 aliphatic rings. The number of hydrogen-bond donors (Lipinski definition) is 0. The molecular weight excluding hydrogens is 420 g/mol. The van der Waals surface area contributed by atoms with Gasteiger partial charge in [0.05, 0.1) is 9.16 Å². The number of halogens is 3. The Labute approximate surface area is 149 Å². The Morgan fingerprint density at radius 1 is 1.00 bits per heavy atom. The quantitative estimate of drug-likeness (QED) is 0.237. The van der Waals surface area contributed by atoms with Gasteiger partial charge in [-0.25, -0.2) is 0 Å². The van der Waals surface area contributed by atoms with Crippen LogP contribution in [0.5, 0.6) is 0 Å². The largest absolute Gasteiger partial charge is 0.131 e. The molecular formula is C16H25Br2ClS. The normalized spacial score (nSPS) is 12.8. The van der Waals surface area contributed by atoms with Crippen LogP contribution in [0.2, 0.25) is 0 Å². The van der Waals surface area contributed by atoms with E-state index in [1.54, 1.807) is 11.3 Å². The van der Waals surface area contributed by atoms with Gasteiger partial charge >= 0.3 is 0 Å². The van der Waals surface area contributed by atoms with E-state index in [0.717, 1.165) is 14.7 Å². The molecule has 116 valence electrons. The molecule has 1 atom stereocenters. The molecule has 1 unspecified atom stereocenters. The highest BCUT2D eigenvalue weighted by Gasteiger charge is 2.12. The van der Waals surface area contributed by atoms with Gasteiger partial charge in [-0.2, -0.15) is 0 Å². The molecule has 1 aromatic rings. The highest BCUT2D eigenvalue weighted by Crippen LogP contribution is 2.39. The van der Waals surface area contributed by atoms with Crippen LogP contribution < -0.4 is 0 Å². The van der Waals surface area contributed by atoms with Gasteiger partial charge in [-0.05, 0) is 44.3 Å². The Bertz CT molecular complexity index is 346. The van der Waals surface area contributed by atoms with E-state index in [1.807, 2.05) is 0 Å². The van der Waals surface area contributed by atoms with Crippen LogP contribution in [0.4, 0.5) is 0 Å². The summed E-state index contributed by atoms with van der Waals surface area (Å²) in [6.07, 6.45) is 13.4. The van der Waals surface area contributed by atoms with Crippen molar-refractivity contribution in [3.8, 4) is 0 Å². The lowest BCUT2D eigenvalue weighted by Crippen LogP contribution is -1.88. The van der Waals surface area contributed by atoms with E-state index in [1.165, 1.54) is 62.7 Å². The Hall–Kier alpha value is 0.950. The van der Waals surface area contributed by atoms with Crippen molar-refractivity contribution in [2.24, 2.45) is 0 Å². The number of unbranched alkanes of at least 4 members (excludes halogenated alkanes) is 8. The van der Waals surface area contributed by atoms with Crippen LogP contribution in [-0.4, -0.2) is 0 Å². The number of rotatable bonds is 11. The van der Waals surface area contributed by atoms with Crippen LogP contribution >= 0.6 is 54.8 Å². The second-order valence-electron chi connectivity index (χ2n) is 5.36. The second kappa shape index (κ2) is 11.5. The summed E-state index contributed by atoms with van der Waals surface area (Å²) < 4.78 is 2.26. The van der Waals surface area contributed by atoms with E-state index in [4.69, 9.17) is 11.6 Å². The molecule has 0 saturated carbocycles. The topological polar surface area (TPSA) is 0 Å². The van der Waals surface area contributed by atoms with E-state index < -0.39 is 0 Å². The van der Waals surface area contributed by atoms with Gasteiger partial charge in [0, 0.05) is 9.35 Å². The molecule has 1 heterocycles.